The van der Waals surface area contributed by atoms with Gasteiger partial charge in [0.1, 0.15) is 29.4 Å². The molecule has 22 heteroatoms. The van der Waals surface area contributed by atoms with Crippen LogP contribution in [0, 0.1) is 11.3 Å². The Balaban J connectivity index is 1.12. The maximum absolute atomic E-state index is 15.1. The Hall–Kier alpha value is -6.60. The zero-order valence-electron chi connectivity index (χ0n) is 39.4. The summed E-state index contributed by atoms with van der Waals surface area (Å²) in [4.78, 5) is 90.2. The molecule has 2 aliphatic heterocycles. The van der Waals surface area contributed by atoms with E-state index in [0.717, 1.165) is 25.0 Å². The quantitative estimate of drug-likeness (QED) is 0.0156. The number of carbonyl (C=O) groups excluding carboxylic acids is 7. The van der Waals surface area contributed by atoms with E-state index in [1.807, 2.05) is 18.7 Å². The molecular formula is C48H65N10O10PS. The fourth-order valence-corrected chi connectivity index (χ4v) is 11.3. The van der Waals surface area contributed by atoms with E-state index in [4.69, 9.17) is 25.9 Å². The molecule has 5 rings (SSSR count). The van der Waals surface area contributed by atoms with Crippen molar-refractivity contribution < 1.29 is 47.2 Å². The van der Waals surface area contributed by atoms with Gasteiger partial charge in [-0.1, -0.05) is 93.8 Å². The van der Waals surface area contributed by atoms with Crippen LogP contribution in [0.3, 0.4) is 0 Å². The Labute approximate surface area is 412 Å². The summed E-state index contributed by atoms with van der Waals surface area (Å²) in [6.07, 6.45) is 4.84. The number of fused-ring (bicyclic) bond motifs is 1. The maximum atomic E-state index is 15.1. The van der Waals surface area contributed by atoms with Crippen LogP contribution in [0.4, 0.5) is 4.79 Å². The average Bonchev–Trinajstić information content (AvgIpc) is 3.90. The fourth-order valence-electron chi connectivity index (χ4n) is 7.86. The van der Waals surface area contributed by atoms with Gasteiger partial charge in [0.05, 0.1) is 25.0 Å². The Bertz CT molecular complexity index is 2290. The van der Waals surface area contributed by atoms with E-state index in [1.54, 1.807) is 67.6 Å². The molecule has 0 saturated carbocycles. The predicted molar refractivity (Wildman–Crippen MR) is 266 cm³/mol. The Morgan fingerprint density at radius 1 is 0.771 bits per heavy atom. The number of primary amides is 1. The lowest BCUT2D eigenvalue weighted by Gasteiger charge is -2.30. The number of urea groups is 1. The first-order valence-electron chi connectivity index (χ1n) is 23.5. The molecule has 0 radical (unpaired) electrons. The van der Waals surface area contributed by atoms with Gasteiger partial charge >= 0.3 is 13.6 Å². The minimum absolute atomic E-state index is 0.0263. The number of carbonyl (C=O) groups is 7. The number of thioether (sulfide) groups is 1. The normalized spacial score (nSPS) is 17.7. The van der Waals surface area contributed by atoms with Crippen LogP contribution in [0.1, 0.15) is 95.0 Å². The van der Waals surface area contributed by atoms with E-state index in [9.17, 15) is 33.6 Å². The second-order valence-electron chi connectivity index (χ2n) is 17.3. The Morgan fingerprint density at radius 2 is 1.40 bits per heavy atom. The van der Waals surface area contributed by atoms with Crippen LogP contribution in [0.15, 0.2) is 84.9 Å². The number of unbranched alkanes of at least 4 members (excludes halogenated alkanes) is 3. The molecule has 378 valence electrons. The number of nitrogen functional groups attached to an aromatic ring is 1. The molecule has 8 amide bonds. The van der Waals surface area contributed by atoms with E-state index in [0.29, 0.717) is 49.5 Å². The Kier molecular flexibility index (Phi) is 20.9. The van der Waals surface area contributed by atoms with Crippen LogP contribution < -0.4 is 57.7 Å². The van der Waals surface area contributed by atoms with Crippen molar-refractivity contribution in [3.63, 3.8) is 0 Å². The molecule has 0 aliphatic carbocycles. The number of nitrogens with two attached hydrogens (primary N) is 2. The minimum atomic E-state index is -4.55. The van der Waals surface area contributed by atoms with Crippen LogP contribution in [0.5, 0.6) is 11.5 Å². The standard InChI is InChI=1S/C48H65N10O10PS/c1-3-30(2)42(56-40(61)21-11-6-14-26-52-39(60)20-13-12-19-37-43-36(29-70-37)55-48(65)57-43)46(64)53-28-41(62)54-35(27-38(49)59)45(63)58-47(32-24-22-31(23-25-32)44(50)51)69(66,67-33-15-7-4-8-16-33)68-34-17-9-5-10-18-34/h4-5,7-10,15-18,22-25,30,35-37,42-43,47H,3,6,11-14,19-21,26-29H2,1-2H3,(H2,49,59)(H3,50,51)(H,52,60)(H,53,64)(H,54,62)(H,56,61)(H,58,63)(H2,55,57,65)/t30?,35-,36-,37-,42-,43-,47?/m0/s1. The lowest BCUT2D eigenvalue weighted by atomic mass is 9.98. The first kappa shape index (κ1) is 54.3. The van der Waals surface area contributed by atoms with Gasteiger partial charge in [-0.15, -0.1) is 0 Å². The molecular weight excluding hydrogens is 940 g/mol. The summed E-state index contributed by atoms with van der Waals surface area (Å²) in [6.45, 7) is 3.46. The molecule has 0 bridgehead atoms. The van der Waals surface area contributed by atoms with Gasteiger partial charge in [-0.3, -0.25) is 34.2 Å². The molecule has 7 atom stereocenters. The SMILES string of the molecule is CCC(C)[C@H](NC(=O)CCCCCNC(=O)CCCC[C@@H]1SC[C@@H]2NC(=O)N[C@@H]21)C(=O)NCC(=O)N[C@@H](CC(N)=O)C(=O)NC(c1ccc(C(=N)N)cc1)P(=O)(Oc1ccccc1)Oc1ccccc1. The third-order valence-corrected chi connectivity index (χ3v) is 15.4. The van der Waals surface area contributed by atoms with Gasteiger partial charge in [0.25, 0.3) is 0 Å². The number of amides is 8. The third kappa shape index (κ3) is 16.8. The maximum Gasteiger partial charge on any atom is 0.457 e. The highest BCUT2D eigenvalue weighted by Crippen LogP contribution is 2.59. The molecule has 2 aliphatic rings. The van der Waals surface area contributed by atoms with Gasteiger partial charge in [0.2, 0.25) is 35.4 Å². The topological polar surface area (TPSA) is 315 Å². The van der Waals surface area contributed by atoms with Gasteiger partial charge in [-0.25, -0.2) is 9.36 Å². The summed E-state index contributed by atoms with van der Waals surface area (Å²) >= 11 is 1.85. The number of hydrogen-bond acceptors (Lipinski definition) is 12. The van der Waals surface area contributed by atoms with Gasteiger partial charge < -0.3 is 57.7 Å². The van der Waals surface area contributed by atoms with E-state index in [-0.39, 0.29) is 65.2 Å². The van der Waals surface area contributed by atoms with Gasteiger partial charge in [-0.2, -0.15) is 11.8 Å². The van der Waals surface area contributed by atoms with Crippen molar-refractivity contribution in [1.29, 1.82) is 5.41 Å². The summed E-state index contributed by atoms with van der Waals surface area (Å²) in [5, 5.41) is 27.4. The molecule has 2 heterocycles. The second-order valence-corrected chi connectivity index (χ2v) is 20.5. The molecule has 70 heavy (non-hydrogen) atoms. The lowest BCUT2D eigenvalue weighted by molar-refractivity contribution is -0.133. The smallest absolute Gasteiger partial charge is 0.414 e. The number of amidine groups is 1. The molecule has 3 aromatic rings. The summed E-state index contributed by atoms with van der Waals surface area (Å²) in [6, 6.07) is 19.7. The predicted octanol–water partition coefficient (Wildman–Crippen LogP) is 3.85. The van der Waals surface area contributed by atoms with Crippen LogP contribution in [0.2, 0.25) is 0 Å². The fraction of sp³-hybridized carbons (Fsp3) is 0.458. The average molecular weight is 1010 g/mol. The van der Waals surface area contributed by atoms with Crippen molar-refractivity contribution in [1.82, 2.24) is 37.2 Å². The van der Waals surface area contributed by atoms with Gasteiger partial charge in [0, 0.05) is 36.0 Å². The molecule has 20 nitrogen and oxygen atoms in total. The largest absolute Gasteiger partial charge is 0.457 e. The monoisotopic (exact) mass is 1000 g/mol. The third-order valence-electron chi connectivity index (χ3n) is 11.9. The molecule has 2 fully saturated rings. The molecule has 12 N–H and O–H groups in total. The van der Waals surface area contributed by atoms with E-state index >= 15 is 4.57 Å². The highest BCUT2D eigenvalue weighted by Gasteiger charge is 2.44. The van der Waals surface area contributed by atoms with E-state index in [2.05, 4.69) is 37.2 Å². The van der Waals surface area contributed by atoms with Crippen molar-refractivity contribution in [2.45, 2.75) is 113 Å². The van der Waals surface area contributed by atoms with Gasteiger partial charge in [0.15, 0.2) is 5.78 Å². The lowest BCUT2D eigenvalue weighted by Crippen LogP contribution is -2.54. The first-order chi connectivity index (χ1) is 33.5. The van der Waals surface area contributed by atoms with Crippen molar-refractivity contribution in [3.8, 4) is 11.5 Å². The van der Waals surface area contributed by atoms with Crippen LogP contribution in [-0.2, 0) is 33.3 Å². The molecule has 3 aromatic carbocycles. The second kappa shape index (κ2) is 27.0. The van der Waals surface area contributed by atoms with E-state index < -0.39 is 62.1 Å². The zero-order chi connectivity index (χ0) is 50.6. The van der Waals surface area contributed by atoms with Crippen molar-refractivity contribution in [3.05, 3.63) is 96.1 Å². The number of para-hydroxylation sites is 2. The van der Waals surface area contributed by atoms with E-state index in [1.165, 1.54) is 24.3 Å². The summed E-state index contributed by atoms with van der Waals surface area (Å²) in [5.74, 6) is -4.82. The molecule has 2 saturated heterocycles. The van der Waals surface area contributed by atoms with Crippen LogP contribution in [-0.4, -0.2) is 95.6 Å². The highest BCUT2D eigenvalue weighted by molar-refractivity contribution is 8.00. The molecule has 0 aromatic heterocycles. The van der Waals surface area contributed by atoms with Crippen LogP contribution in [0.25, 0.3) is 0 Å². The zero-order valence-corrected chi connectivity index (χ0v) is 41.1. The van der Waals surface area contributed by atoms with Crippen molar-refractivity contribution in [2.24, 2.45) is 17.4 Å². The summed E-state index contributed by atoms with van der Waals surface area (Å²) in [5.41, 5.74) is 11.7. The molecule has 0 spiro atoms. The van der Waals surface area contributed by atoms with Crippen LogP contribution >= 0.6 is 19.4 Å². The van der Waals surface area contributed by atoms with Gasteiger partial charge in [-0.05, 0) is 61.4 Å². The first-order valence-corrected chi connectivity index (χ1v) is 26.1. The van der Waals surface area contributed by atoms with Crippen molar-refractivity contribution >= 4 is 66.7 Å². The number of rotatable bonds is 29. The summed E-state index contributed by atoms with van der Waals surface area (Å²) < 4.78 is 27.2. The molecule has 2 unspecified atom stereocenters. The summed E-state index contributed by atoms with van der Waals surface area (Å²) in [7, 11) is -4.55. The number of benzene rings is 3. The van der Waals surface area contributed by atoms with Crippen molar-refractivity contribution in [2.75, 3.05) is 18.8 Å². The Morgan fingerprint density at radius 3 is 2.01 bits per heavy atom. The minimum Gasteiger partial charge on any atom is -0.414 e. The number of nitrogens with one attached hydrogen (secondary N) is 8. The number of hydrogen-bond donors (Lipinski definition) is 10. The highest BCUT2D eigenvalue weighted by atomic mass is 32.2.